The average molecular weight is 298 g/mol. The van der Waals surface area contributed by atoms with Crippen molar-refractivity contribution >= 4 is 10.0 Å². The largest absolute Gasteiger partial charge is 0.486 e. The standard InChI is InChI=1S/C13H18N2O4S/c16-20(17,15-10-2-1-5-14-9-10)11-3-4-12-13(8-11)19-7-6-18-12/h3-4,8,10,14-15H,1-2,5-7,9H2/t10-/m1/s1. The van der Waals surface area contributed by atoms with Crippen molar-refractivity contribution < 1.29 is 17.9 Å². The number of rotatable bonds is 3. The first kappa shape index (κ1) is 13.7. The average Bonchev–Trinajstić information content (AvgIpc) is 2.47. The molecule has 1 aromatic rings. The first-order valence-corrected chi connectivity index (χ1v) is 8.26. The summed E-state index contributed by atoms with van der Waals surface area (Å²) >= 11 is 0. The van der Waals surface area contributed by atoms with Crippen LogP contribution in [0.3, 0.4) is 0 Å². The predicted molar refractivity (Wildman–Crippen MR) is 73.6 cm³/mol. The maximum atomic E-state index is 12.4. The van der Waals surface area contributed by atoms with Gasteiger partial charge in [0.2, 0.25) is 10.0 Å². The monoisotopic (exact) mass is 298 g/mol. The van der Waals surface area contributed by atoms with Gasteiger partial charge in [-0.25, -0.2) is 13.1 Å². The highest BCUT2D eigenvalue weighted by Crippen LogP contribution is 2.32. The first-order valence-electron chi connectivity index (χ1n) is 6.78. The molecule has 1 aromatic carbocycles. The lowest BCUT2D eigenvalue weighted by molar-refractivity contribution is 0.171. The third-order valence-electron chi connectivity index (χ3n) is 3.44. The molecule has 7 heteroatoms. The molecule has 0 aliphatic carbocycles. The van der Waals surface area contributed by atoms with Gasteiger partial charge in [0.05, 0.1) is 4.90 Å². The molecule has 2 heterocycles. The van der Waals surface area contributed by atoms with Crippen LogP contribution in [-0.2, 0) is 10.0 Å². The number of fused-ring (bicyclic) bond motifs is 1. The van der Waals surface area contributed by atoms with E-state index in [1.165, 1.54) is 6.07 Å². The second-order valence-corrected chi connectivity index (χ2v) is 6.68. The zero-order chi connectivity index (χ0) is 14.0. The molecule has 0 unspecified atom stereocenters. The number of nitrogens with one attached hydrogen (secondary N) is 2. The highest BCUT2D eigenvalue weighted by molar-refractivity contribution is 7.89. The molecule has 0 aromatic heterocycles. The van der Waals surface area contributed by atoms with Crippen LogP contribution in [0.4, 0.5) is 0 Å². The van der Waals surface area contributed by atoms with E-state index >= 15 is 0 Å². The topological polar surface area (TPSA) is 76.7 Å². The number of hydrogen-bond donors (Lipinski definition) is 2. The van der Waals surface area contributed by atoms with Gasteiger partial charge in [0, 0.05) is 18.7 Å². The van der Waals surface area contributed by atoms with Gasteiger partial charge in [-0.15, -0.1) is 0 Å². The third-order valence-corrected chi connectivity index (χ3v) is 4.96. The second kappa shape index (κ2) is 5.59. The van der Waals surface area contributed by atoms with Gasteiger partial charge in [0.1, 0.15) is 13.2 Å². The van der Waals surface area contributed by atoms with Crippen molar-refractivity contribution in [1.29, 1.82) is 0 Å². The second-order valence-electron chi connectivity index (χ2n) is 4.97. The van der Waals surface area contributed by atoms with Gasteiger partial charge < -0.3 is 14.8 Å². The van der Waals surface area contributed by atoms with Crippen LogP contribution in [0.5, 0.6) is 11.5 Å². The fourth-order valence-corrected chi connectivity index (χ4v) is 3.72. The summed E-state index contributed by atoms with van der Waals surface area (Å²) in [5.41, 5.74) is 0. The summed E-state index contributed by atoms with van der Waals surface area (Å²) in [7, 11) is -3.52. The van der Waals surface area contributed by atoms with Gasteiger partial charge in [0.15, 0.2) is 11.5 Å². The Morgan fingerprint density at radius 2 is 2.00 bits per heavy atom. The fourth-order valence-electron chi connectivity index (χ4n) is 2.43. The summed E-state index contributed by atoms with van der Waals surface area (Å²) in [5, 5.41) is 3.19. The predicted octanol–water partition coefficient (Wildman–Crippen LogP) is 0.488. The molecule has 1 fully saturated rings. The number of piperidine rings is 1. The van der Waals surface area contributed by atoms with Gasteiger partial charge in [-0.3, -0.25) is 0 Å². The van der Waals surface area contributed by atoms with Crippen molar-refractivity contribution in [2.24, 2.45) is 0 Å². The van der Waals surface area contributed by atoms with Crippen molar-refractivity contribution in [3.8, 4) is 11.5 Å². The van der Waals surface area contributed by atoms with Crippen LogP contribution >= 0.6 is 0 Å². The zero-order valence-electron chi connectivity index (χ0n) is 11.1. The van der Waals surface area contributed by atoms with Crippen LogP contribution in [0.15, 0.2) is 23.1 Å². The van der Waals surface area contributed by atoms with Crippen LogP contribution in [0.2, 0.25) is 0 Å². The minimum absolute atomic E-state index is 0.0537. The molecule has 2 N–H and O–H groups in total. The van der Waals surface area contributed by atoms with Crippen molar-refractivity contribution in [2.75, 3.05) is 26.3 Å². The number of ether oxygens (including phenoxy) is 2. The van der Waals surface area contributed by atoms with E-state index in [4.69, 9.17) is 9.47 Å². The van der Waals surface area contributed by atoms with Crippen LogP contribution in [0.25, 0.3) is 0 Å². The van der Waals surface area contributed by atoms with E-state index in [2.05, 4.69) is 10.0 Å². The Kier molecular flexibility index (Phi) is 3.82. The minimum Gasteiger partial charge on any atom is -0.486 e. The van der Waals surface area contributed by atoms with Crippen LogP contribution < -0.4 is 19.5 Å². The first-order chi connectivity index (χ1) is 9.65. The number of benzene rings is 1. The van der Waals surface area contributed by atoms with Gasteiger partial charge in [-0.1, -0.05) is 0 Å². The Labute approximate surface area is 118 Å². The Hall–Kier alpha value is -1.31. The molecule has 2 aliphatic heterocycles. The van der Waals surface area contributed by atoms with Gasteiger partial charge in [-0.2, -0.15) is 0 Å². The molecular weight excluding hydrogens is 280 g/mol. The maximum Gasteiger partial charge on any atom is 0.241 e. The van der Waals surface area contributed by atoms with E-state index < -0.39 is 10.0 Å². The van der Waals surface area contributed by atoms with Gasteiger partial charge in [-0.05, 0) is 31.5 Å². The number of sulfonamides is 1. The van der Waals surface area contributed by atoms with E-state index in [1.807, 2.05) is 0 Å². The summed E-state index contributed by atoms with van der Waals surface area (Å²) in [6.45, 7) is 2.55. The van der Waals surface area contributed by atoms with Gasteiger partial charge in [0.25, 0.3) is 0 Å². The third kappa shape index (κ3) is 2.89. The van der Waals surface area contributed by atoms with Crippen molar-refractivity contribution in [2.45, 2.75) is 23.8 Å². The van der Waals surface area contributed by atoms with Crippen molar-refractivity contribution in [3.63, 3.8) is 0 Å². The fraction of sp³-hybridized carbons (Fsp3) is 0.538. The van der Waals surface area contributed by atoms with Crippen molar-refractivity contribution in [3.05, 3.63) is 18.2 Å². The maximum absolute atomic E-state index is 12.4. The lowest BCUT2D eigenvalue weighted by atomic mass is 10.1. The van der Waals surface area contributed by atoms with E-state index in [-0.39, 0.29) is 10.9 Å². The Morgan fingerprint density at radius 3 is 2.75 bits per heavy atom. The summed E-state index contributed by atoms with van der Waals surface area (Å²) in [4.78, 5) is 0.215. The molecule has 20 heavy (non-hydrogen) atoms. The summed E-state index contributed by atoms with van der Waals surface area (Å²) in [5.74, 6) is 1.08. The minimum atomic E-state index is -3.52. The van der Waals surface area contributed by atoms with Crippen LogP contribution in [-0.4, -0.2) is 40.8 Å². The molecule has 1 atom stereocenters. The molecular formula is C13H18N2O4S. The van der Waals surface area contributed by atoms with E-state index in [9.17, 15) is 8.42 Å². The molecule has 0 bridgehead atoms. The zero-order valence-corrected chi connectivity index (χ0v) is 11.9. The molecule has 110 valence electrons. The van der Waals surface area contributed by atoms with Crippen LogP contribution in [0.1, 0.15) is 12.8 Å². The Bertz CT molecular complexity index is 582. The molecule has 0 radical (unpaired) electrons. The molecule has 3 rings (SSSR count). The quantitative estimate of drug-likeness (QED) is 0.849. The molecule has 0 spiro atoms. The highest BCUT2D eigenvalue weighted by atomic mass is 32.2. The molecule has 0 amide bonds. The van der Waals surface area contributed by atoms with E-state index in [0.29, 0.717) is 31.3 Å². The van der Waals surface area contributed by atoms with Gasteiger partial charge >= 0.3 is 0 Å². The summed E-state index contributed by atoms with van der Waals surface area (Å²) in [6.07, 6.45) is 1.84. The normalized spacial score (nSPS) is 22.5. The Morgan fingerprint density at radius 1 is 1.20 bits per heavy atom. The molecule has 1 saturated heterocycles. The van der Waals surface area contributed by atoms with E-state index in [1.54, 1.807) is 12.1 Å². The van der Waals surface area contributed by atoms with E-state index in [0.717, 1.165) is 19.4 Å². The SMILES string of the molecule is O=S(=O)(N[C@@H]1CCCNC1)c1ccc2c(c1)OCCO2. The lowest BCUT2D eigenvalue weighted by Crippen LogP contribution is -2.45. The smallest absolute Gasteiger partial charge is 0.241 e. The number of hydrogen-bond acceptors (Lipinski definition) is 5. The van der Waals surface area contributed by atoms with Crippen molar-refractivity contribution in [1.82, 2.24) is 10.0 Å². The Balaban J connectivity index is 1.79. The lowest BCUT2D eigenvalue weighted by Gasteiger charge is -2.24. The molecule has 6 nitrogen and oxygen atoms in total. The molecule has 0 saturated carbocycles. The molecule has 2 aliphatic rings. The van der Waals surface area contributed by atoms with Crippen LogP contribution in [0, 0.1) is 0 Å². The highest BCUT2D eigenvalue weighted by Gasteiger charge is 2.23. The summed E-state index contributed by atoms with van der Waals surface area (Å²) in [6, 6.07) is 4.66. The summed E-state index contributed by atoms with van der Waals surface area (Å²) < 4.78 is 38.2.